The summed E-state index contributed by atoms with van der Waals surface area (Å²) in [6.45, 7) is 0. The van der Waals surface area contributed by atoms with Crippen molar-refractivity contribution in [1.29, 1.82) is 0 Å². The summed E-state index contributed by atoms with van der Waals surface area (Å²) in [5.74, 6) is 0. The van der Waals surface area contributed by atoms with E-state index in [1.165, 1.54) is 0 Å². The lowest BCUT2D eigenvalue weighted by Gasteiger charge is -2.47. The first kappa shape index (κ1) is 26.6. The van der Waals surface area contributed by atoms with Crippen molar-refractivity contribution in [2.24, 2.45) is 0 Å². The van der Waals surface area contributed by atoms with Crippen LogP contribution in [0.25, 0.3) is 0 Å². The first-order chi connectivity index (χ1) is 17.4. The Morgan fingerprint density at radius 2 is 0.694 bits per heavy atom. The normalized spacial score (nSPS) is 25.8. The van der Waals surface area contributed by atoms with Crippen LogP contribution in [0.15, 0.2) is 91.0 Å². The molecule has 0 unspecified atom stereocenters. The van der Waals surface area contributed by atoms with Gasteiger partial charge in [0.15, 0.2) is 0 Å². The molecular weight excluding hydrogens is 465 g/mol. The molecule has 186 valence electrons. The van der Waals surface area contributed by atoms with E-state index < -0.39 is 58.0 Å². The van der Waals surface area contributed by atoms with Crippen molar-refractivity contribution in [1.82, 2.24) is 0 Å². The minimum atomic E-state index is -1.76. The Morgan fingerprint density at radius 1 is 0.417 bits per heavy atom. The molecule has 0 heterocycles. The van der Waals surface area contributed by atoms with Crippen molar-refractivity contribution in [3.05, 3.63) is 91.0 Å². The topological polar surface area (TPSA) is 149 Å². The summed E-state index contributed by atoms with van der Waals surface area (Å²) < 4.78 is 17.2. The fourth-order valence-electron chi connectivity index (χ4n) is 4.17. The number of aliphatic hydroxyl groups excluding tert-OH is 3. The highest BCUT2D eigenvalue weighted by Gasteiger charge is 2.54. The maximum atomic E-state index is 10.8. The van der Waals surface area contributed by atoms with Crippen LogP contribution in [0.5, 0.6) is 0 Å². The van der Waals surface area contributed by atoms with E-state index in [-0.39, 0.29) is 0 Å². The average molecular weight is 492 g/mol. The Balaban J connectivity index is 1.65. The third kappa shape index (κ3) is 6.06. The van der Waals surface area contributed by atoms with Crippen molar-refractivity contribution in [3.63, 3.8) is 0 Å². The molecule has 0 aromatic heterocycles. The Labute approximate surface area is 210 Å². The van der Waals surface area contributed by atoms with Crippen LogP contribution in [-0.4, -0.2) is 88.4 Å². The van der Waals surface area contributed by atoms with Gasteiger partial charge in [0.25, 0.3) is 0 Å². The van der Waals surface area contributed by atoms with Gasteiger partial charge < -0.3 is 44.4 Å². The standard InChI is InChI=1S/C24H27B3O9/c28-19-20(29)22(34-25(31)16-10-4-1-5-11-16)24(36-27(33)18-14-8-3-9-15-18)23(21(19)30)35-26(32)17-12-6-2-7-13-17/h1-15,19-24,28-33H/t19?,20-,21-,22+,23+,24?/m1/s1. The van der Waals surface area contributed by atoms with E-state index in [1.54, 1.807) is 91.0 Å². The van der Waals surface area contributed by atoms with Crippen LogP contribution in [0.3, 0.4) is 0 Å². The number of aliphatic hydroxyl groups is 3. The fraction of sp³-hybridized carbons (Fsp3) is 0.250. The summed E-state index contributed by atoms with van der Waals surface area (Å²) in [5, 5.41) is 64.3. The van der Waals surface area contributed by atoms with E-state index in [9.17, 15) is 30.4 Å². The lowest BCUT2D eigenvalue weighted by Crippen LogP contribution is -2.69. The average Bonchev–Trinajstić information content (AvgIpc) is 2.93. The highest BCUT2D eigenvalue weighted by Crippen LogP contribution is 2.29. The summed E-state index contributed by atoms with van der Waals surface area (Å²) in [6.07, 6.45) is -9.57. The van der Waals surface area contributed by atoms with E-state index >= 15 is 0 Å². The van der Waals surface area contributed by atoms with E-state index in [1.807, 2.05) is 0 Å². The van der Waals surface area contributed by atoms with Gasteiger partial charge in [0, 0.05) is 0 Å². The Hall–Kier alpha value is -2.51. The lowest BCUT2D eigenvalue weighted by atomic mass is 9.74. The van der Waals surface area contributed by atoms with Crippen LogP contribution in [0.2, 0.25) is 0 Å². The molecule has 0 spiro atoms. The van der Waals surface area contributed by atoms with Crippen molar-refractivity contribution in [2.75, 3.05) is 0 Å². The van der Waals surface area contributed by atoms with Gasteiger partial charge in [-0.25, -0.2) is 0 Å². The number of hydrogen-bond acceptors (Lipinski definition) is 9. The molecule has 0 amide bonds. The van der Waals surface area contributed by atoms with Crippen molar-refractivity contribution >= 4 is 37.7 Å². The van der Waals surface area contributed by atoms with Crippen LogP contribution < -0.4 is 16.4 Å². The minimum absolute atomic E-state index is 0.370. The quantitative estimate of drug-likeness (QED) is 0.177. The van der Waals surface area contributed by atoms with Gasteiger partial charge in [-0.15, -0.1) is 0 Å². The zero-order chi connectivity index (χ0) is 25.7. The Bertz CT molecular complexity index is 1000. The number of benzene rings is 3. The zero-order valence-electron chi connectivity index (χ0n) is 19.3. The largest absolute Gasteiger partial charge is 0.491 e. The predicted molar refractivity (Wildman–Crippen MR) is 135 cm³/mol. The summed E-state index contributed by atoms with van der Waals surface area (Å²) in [6, 6.07) is 25.0. The molecule has 9 nitrogen and oxygen atoms in total. The fourth-order valence-corrected chi connectivity index (χ4v) is 4.17. The van der Waals surface area contributed by atoms with Crippen molar-refractivity contribution < 1.29 is 44.4 Å². The zero-order valence-corrected chi connectivity index (χ0v) is 19.3. The van der Waals surface area contributed by atoms with Crippen LogP contribution in [0, 0.1) is 0 Å². The second kappa shape index (κ2) is 12.2. The van der Waals surface area contributed by atoms with Crippen LogP contribution >= 0.6 is 0 Å². The molecule has 6 N–H and O–H groups in total. The monoisotopic (exact) mass is 492 g/mol. The molecule has 1 saturated carbocycles. The second-order valence-electron chi connectivity index (χ2n) is 8.56. The van der Waals surface area contributed by atoms with Gasteiger partial charge in [0.2, 0.25) is 0 Å². The smallest absolute Gasteiger partial charge is 0.423 e. The number of hydrogen-bond donors (Lipinski definition) is 6. The molecule has 3 aromatic rings. The van der Waals surface area contributed by atoms with Crippen molar-refractivity contribution in [2.45, 2.75) is 36.6 Å². The van der Waals surface area contributed by atoms with Gasteiger partial charge >= 0.3 is 21.4 Å². The molecule has 1 aliphatic rings. The van der Waals surface area contributed by atoms with Gasteiger partial charge in [-0.3, -0.25) is 0 Å². The molecule has 36 heavy (non-hydrogen) atoms. The summed E-state index contributed by atoms with van der Waals surface area (Å²) in [7, 11) is -4.60. The molecule has 0 saturated heterocycles. The first-order valence-corrected chi connectivity index (χ1v) is 11.6. The third-order valence-electron chi connectivity index (χ3n) is 6.13. The van der Waals surface area contributed by atoms with Gasteiger partial charge in [-0.05, 0) is 16.4 Å². The highest BCUT2D eigenvalue weighted by atomic mass is 16.6. The van der Waals surface area contributed by atoms with Gasteiger partial charge in [-0.2, -0.15) is 0 Å². The van der Waals surface area contributed by atoms with Gasteiger partial charge in [0.05, 0.1) is 18.3 Å². The van der Waals surface area contributed by atoms with E-state index in [4.69, 9.17) is 14.0 Å². The Morgan fingerprint density at radius 3 is 1.00 bits per heavy atom. The van der Waals surface area contributed by atoms with Crippen LogP contribution in [0.4, 0.5) is 0 Å². The lowest BCUT2D eigenvalue weighted by molar-refractivity contribution is -0.211. The van der Waals surface area contributed by atoms with Crippen molar-refractivity contribution in [3.8, 4) is 0 Å². The molecule has 3 aromatic carbocycles. The molecule has 4 rings (SSSR count). The third-order valence-corrected chi connectivity index (χ3v) is 6.13. The summed E-state index contributed by atoms with van der Waals surface area (Å²) >= 11 is 0. The minimum Gasteiger partial charge on any atom is -0.423 e. The predicted octanol–water partition coefficient (Wildman–Crippen LogP) is -2.60. The molecule has 1 fully saturated rings. The number of rotatable bonds is 9. The molecule has 0 aliphatic heterocycles. The molecule has 0 bridgehead atoms. The maximum Gasteiger partial charge on any atom is 0.491 e. The molecule has 4 atom stereocenters. The molecule has 12 heteroatoms. The van der Waals surface area contributed by atoms with E-state index in [0.29, 0.717) is 16.4 Å². The molecule has 0 radical (unpaired) electrons. The van der Waals surface area contributed by atoms with Crippen LogP contribution in [-0.2, 0) is 14.0 Å². The summed E-state index contributed by atoms with van der Waals surface area (Å²) in [4.78, 5) is 0. The first-order valence-electron chi connectivity index (χ1n) is 11.6. The highest BCUT2D eigenvalue weighted by molar-refractivity contribution is 6.61. The maximum absolute atomic E-state index is 10.8. The SMILES string of the molecule is OB(OC1[C@@H](OB(O)c2ccccc2)[C@H](O)C(O)[C@@H](O)[C@@H]1OB(O)c1ccccc1)c1ccccc1. The van der Waals surface area contributed by atoms with E-state index in [2.05, 4.69) is 0 Å². The second-order valence-corrected chi connectivity index (χ2v) is 8.56. The molecular formula is C24H27B3O9. The van der Waals surface area contributed by atoms with Gasteiger partial charge in [0.1, 0.15) is 18.3 Å². The van der Waals surface area contributed by atoms with Crippen LogP contribution in [0.1, 0.15) is 0 Å². The Kier molecular flexibility index (Phi) is 8.97. The molecule has 1 aliphatic carbocycles. The summed E-state index contributed by atoms with van der Waals surface area (Å²) in [5.41, 5.74) is 1.11. The van der Waals surface area contributed by atoms with Gasteiger partial charge in [-0.1, -0.05) is 91.0 Å². The van der Waals surface area contributed by atoms with E-state index in [0.717, 1.165) is 0 Å².